The van der Waals surface area contributed by atoms with Crippen molar-refractivity contribution in [2.75, 3.05) is 6.61 Å². The van der Waals surface area contributed by atoms with Crippen LogP contribution in [0.1, 0.15) is 37.4 Å². The van der Waals surface area contributed by atoms with Crippen molar-refractivity contribution in [3.8, 4) is 0 Å². The Bertz CT molecular complexity index is 928. The van der Waals surface area contributed by atoms with Crippen LogP contribution in [0.5, 0.6) is 0 Å². The fourth-order valence-electron chi connectivity index (χ4n) is 3.06. The largest absolute Gasteiger partial charge is 0.464 e. The summed E-state index contributed by atoms with van der Waals surface area (Å²) in [7, 11) is 0. The molecule has 10 heteroatoms. The smallest absolute Gasteiger partial charge is 0.341 e. The van der Waals surface area contributed by atoms with E-state index in [2.05, 4.69) is 0 Å². The first-order valence-corrected chi connectivity index (χ1v) is 8.75. The summed E-state index contributed by atoms with van der Waals surface area (Å²) >= 11 is 0. The lowest BCUT2D eigenvalue weighted by Crippen LogP contribution is -2.41. The summed E-state index contributed by atoms with van der Waals surface area (Å²) < 4.78 is 17.0. The molecule has 1 heterocycles. The van der Waals surface area contributed by atoms with Gasteiger partial charge in [-0.1, -0.05) is 0 Å². The molecule has 0 radical (unpaired) electrons. The molecule has 29 heavy (non-hydrogen) atoms. The number of hydrogen-bond acceptors (Lipinski definition) is 8. The topological polar surface area (TPSA) is 131 Å². The number of hydrogen-bond donors (Lipinski definition) is 0. The molecule has 3 rings (SSSR count). The van der Waals surface area contributed by atoms with Gasteiger partial charge in [0, 0.05) is 29.8 Å². The summed E-state index contributed by atoms with van der Waals surface area (Å²) in [6, 6.07) is 11.2. The summed E-state index contributed by atoms with van der Waals surface area (Å²) in [6.07, 6.45) is -1.88. The first-order chi connectivity index (χ1) is 13.8. The van der Waals surface area contributed by atoms with Gasteiger partial charge in [-0.25, -0.2) is 4.79 Å². The van der Waals surface area contributed by atoms with Crippen molar-refractivity contribution in [1.29, 1.82) is 0 Å². The van der Waals surface area contributed by atoms with Crippen molar-refractivity contribution in [1.82, 2.24) is 0 Å². The number of non-ortho nitro benzene ring substituents is 2. The van der Waals surface area contributed by atoms with E-state index in [4.69, 9.17) is 14.2 Å². The molecule has 0 aliphatic carbocycles. The highest BCUT2D eigenvalue weighted by Gasteiger charge is 2.54. The number of nitrogens with zero attached hydrogens (tertiary/aromatic N) is 2. The van der Waals surface area contributed by atoms with Gasteiger partial charge in [0.25, 0.3) is 11.4 Å². The Labute approximate surface area is 165 Å². The fourth-order valence-corrected chi connectivity index (χ4v) is 3.06. The van der Waals surface area contributed by atoms with Gasteiger partial charge < -0.3 is 14.2 Å². The van der Waals surface area contributed by atoms with Crippen LogP contribution in [0.2, 0.25) is 0 Å². The maximum atomic E-state index is 12.6. The molecule has 0 N–H and O–H groups in total. The van der Waals surface area contributed by atoms with E-state index in [-0.39, 0.29) is 18.0 Å². The Morgan fingerprint density at radius 3 is 1.93 bits per heavy atom. The number of benzene rings is 2. The molecule has 0 bridgehead atoms. The van der Waals surface area contributed by atoms with Crippen LogP contribution in [0, 0.1) is 20.2 Å². The normalized spacial score (nSPS) is 23.5. The van der Waals surface area contributed by atoms with Gasteiger partial charge in [0.15, 0.2) is 11.9 Å². The van der Waals surface area contributed by atoms with Crippen molar-refractivity contribution in [2.24, 2.45) is 0 Å². The summed E-state index contributed by atoms with van der Waals surface area (Å²) in [4.78, 5) is 33.3. The van der Waals surface area contributed by atoms with Gasteiger partial charge in [0.05, 0.1) is 16.5 Å². The van der Waals surface area contributed by atoms with E-state index in [1.807, 2.05) is 0 Å². The standard InChI is InChI=1S/C19H18N2O8/c1-3-27-18(22)19(2)16(12-4-8-14(9-5-12)20(23)24)28-17(29-19)13-6-10-15(11-7-13)21(25)26/h4-11,16-17H,3H2,1-2H3/t16-,17-,19+/m1/s1. The van der Waals surface area contributed by atoms with Crippen molar-refractivity contribution >= 4 is 17.3 Å². The summed E-state index contributed by atoms with van der Waals surface area (Å²) in [6.45, 7) is 3.31. The second kappa shape index (κ2) is 7.94. The zero-order valence-corrected chi connectivity index (χ0v) is 15.6. The minimum absolute atomic E-state index is 0.0909. The van der Waals surface area contributed by atoms with Crippen LogP contribution in [-0.2, 0) is 19.0 Å². The minimum Gasteiger partial charge on any atom is -0.464 e. The average molecular weight is 402 g/mol. The first-order valence-electron chi connectivity index (χ1n) is 8.75. The second-order valence-electron chi connectivity index (χ2n) is 6.49. The van der Waals surface area contributed by atoms with Gasteiger partial charge in [-0.15, -0.1) is 0 Å². The third kappa shape index (κ3) is 3.93. The number of carbonyl (C=O) groups is 1. The lowest BCUT2D eigenvalue weighted by molar-refractivity contribution is -0.385. The predicted molar refractivity (Wildman–Crippen MR) is 98.9 cm³/mol. The monoisotopic (exact) mass is 402 g/mol. The molecule has 2 aromatic rings. The molecule has 0 aromatic heterocycles. The molecule has 3 atom stereocenters. The number of nitro benzene ring substituents is 2. The molecule has 152 valence electrons. The van der Waals surface area contributed by atoms with E-state index in [0.717, 1.165) is 0 Å². The lowest BCUT2D eigenvalue weighted by Gasteiger charge is -2.26. The van der Waals surface area contributed by atoms with E-state index in [0.29, 0.717) is 11.1 Å². The van der Waals surface area contributed by atoms with Crippen LogP contribution < -0.4 is 0 Å². The van der Waals surface area contributed by atoms with Crippen molar-refractivity contribution in [3.63, 3.8) is 0 Å². The highest BCUT2D eigenvalue weighted by Crippen LogP contribution is 2.47. The molecular weight excluding hydrogens is 384 g/mol. The SMILES string of the molecule is CCOC(=O)[C@@]1(C)O[C@H](c2ccc([N+](=O)[O-])cc2)O[C@@H]1c1ccc([N+](=O)[O-])cc1. The highest BCUT2D eigenvalue weighted by atomic mass is 16.8. The molecule has 1 fully saturated rings. The molecule has 1 aliphatic rings. The zero-order valence-electron chi connectivity index (χ0n) is 15.6. The molecule has 0 saturated carbocycles. The summed E-state index contributed by atoms with van der Waals surface area (Å²) in [5.74, 6) is -0.646. The molecule has 0 amide bonds. The van der Waals surface area contributed by atoms with Crippen LogP contribution in [0.4, 0.5) is 11.4 Å². The number of ether oxygens (including phenoxy) is 3. The van der Waals surface area contributed by atoms with Gasteiger partial charge in [-0.05, 0) is 43.7 Å². The third-order valence-electron chi connectivity index (χ3n) is 4.58. The van der Waals surface area contributed by atoms with Crippen molar-refractivity contribution < 1.29 is 28.9 Å². The highest BCUT2D eigenvalue weighted by molar-refractivity contribution is 5.80. The van der Waals surface area contributed by atoms with Crippen LogP contribution in [-0.4, -0.2) is 28.0 Å². The van der Waals surface area contributed by atoms with Crippen LogP contribution >= 0.6 is 0 Å². The summed E-state index contributed by atoms with van der Waals surface area (Å²) in [5, 5.41) is 21.7. The van der Waals surface area contributed by atoms with Crippen molar-refractivity contribution in [2.45, 2.75) is 31.8 Å². The Morgan fingerprint density at radius 2 is 1.48 bits per heavy atom. The quantitative estimate of drug-likeness (QED) is 0.407. The minimum atomic E-state index is -1.52. The average Bonchev–Trinajstić information content (AvgIpc) is 3.07. The van der Waals surface area contributed by atoms with Crippen LogP contribution in [0.25, 0.3) is 0 Å². The number of esters is 1. The fraction of sp³-hybridized carbons (Fsp3) is 0.316. The van der Waals surface area contributed by atoms with E-state index in [9.17, 15) is 25.0 Å². The number of rotatable bonds is 6. The van der Waals surface area contributed by atoms with E-state index < -0.39 is 33.8 Å². The maximum Gasteiger partial charge on any atom is 0.341 e. The Kier molecular flexibility index (Phi) is 5.57. The third-order valence-corrected chi connectivity index (χ3v) is 4.58. The molecule has 0 unspecified atom stereocenters. The second-order valence-corrected chi connectivity index (χ2v) is 6.49. The van der Waals surface area contributed by atoms with E-state index >= 15 is 0 Å². The molecule has 1 saturated heterocycles. The molecule has 2 aromatic carbocycles. The predicted octanol–water partition coefficient (Wildman–Crippen LogP) is 3.61. The van der Waals surface area contributed by atoms with Gasteiger partial charge in [0.1, 0.15) is 6.10 Å². The number of nitro groups is 2. The van der Waals surface area contributed by atoms with E-state index in [1.54, 1.807) is 6.92 Å². The first kappa shape index (κ1) is 20.4. The molecule has 10 nitrogen and oxygen atoms in total. The zero-order chi connectivity index (χ0) is 21.2. The molecule has 0 spiro atoms. The van der Waals surface area contributed by atoms with Crippen LogP contribution in [0.15, 0.2) is 48.5 Å². The van der Waals surface area contributed by atoms with Gasteiger partial charge >= 0.3 is 5.97 Å². The lowest BCUT2D eigenvalue weighted by atomic mass is 9.93. The Balaban J connectivity index is 1.94. The van der Waals surface area contributed by atoms with Gasteiger partial charge in [-0.3, -0.25) is 20.2 Å². The van der Waals surface area contributed by atoms with Crippen molar-refractivity contribution in [3.05, 3.63) is 79.9 Å². The molecular formula is C19H18N2O8. The molecule has 1 aliphatic heterocycles. The maximum absolute atomic E-state index is 12.6. The Morgan fingerprint density at radius 1 is 1.00 bits per heavy atom. The van der Waals surface area contributed by atoms with Gasteiger partial charge in [-0.2, -0.15) is 0 Å². The Hall–Kier alpha value is -3.37. The van der Waals surface area contributed by atoms with Crippen LogP contribution in [0.3, 0.4) is 0 Å². The van der Waals surface area contributed by atoms with Gasteiger partial charge in [0.2, 0.25) is 0 Å². The summed E-state index contributed by atoms with van der Waals surface area (Å²) in [5.41, 5.74) is -0.728. The van der Waals surface area contributed by atoms with E-state index in [1.165, 1.54) is 55.5 Å². The number of carbonyl (C=O) groups excluding carboxylic acids is 1.